The van der Waals surface area contributed by atoms with Gasteiger partial charge in [-0.2, -0.15) is 0 Å². The van der Waals surface area contributed by atoms with Crippen LogP contribution in [0.25, 0.3) is 21.8 Å². The average Bonchev–Trinajstić information content (AvgIpc) is 3.48. The number of ether oxygens (including phenoxy) is 1. The number of carboxylic acid groups (broad SMARTS) is 1. The first-order valence-corrected chi connectivity index (χ1v) is 17.7. The van der Waals surface area contributed by atoms with Crippen LogP contribution >= 0.6 is 23.2 Å². The van der Waals surface area contributed by atoms with Gasteiger partial charge in [0.2, 0.25) is 0 Å². The maximum atomic E-state index is 14.5. The van der Waals surface area contributed by atoms with Crippen LogP contribution in [-0.4, -0.2) is 43.1 Å². The third kappa shape index (κ3) is 6.82. The van der Waals surface area contributed by atoms with Crippen molar-refractivity contribution >= 4 is 68.8 Å². The maximum absolute atomic E-state index is 14.5. The van der Waals surface area contributed by atoms with Crippen LogP contribution in [0.1, 0.15) is 81.0 Å². The predicted molar refractivity (Wildman–Crippen MR) is 206 cm³/mol. The van der Waals surface area contributed by atoms with Crippen LogP contribution in [0.4, 0.5) is 0 Å². The van der Waals surface area contributed by atoms with Crippen LogP contribution in [0.15, 0.2) is 72.8 Å². The van der Waals surface area contributed by atoms with E-state index in [4.69, 9.17) is 27.9 Å². The molecule has 272 valence electrons. The van der Waals surface area contributed by atoms with E-state index < -0.39 is 29.7 Å². The Morgan fingerprint density at radius 1 is 0.717 bits per heavy atom. The number of carboxylic acids is 1. The van der Waals surface area contributed by atoms with Crippen molar-refractivity contribution in [3.8, 4) is 11.5 Å². The van der Waals surface area contributed by atoms with Crippen molar-refractivity contribution < 1.29 is 34.1 Å². The van der Waals surface area contributed by atoms with E-state index in [-0.39, 0.29) is 33.4 Å². The van der Waals surface area contributed by atoms with Crippen molar-refractivity contribution in [2.24, 2.45) is 5.41 Å². The first-order valence-electron chi connectivity index (χ1n) is 16.9. The van der Waals surface area contributed by atoms with Crippen LogP contribution in [0.5, 0.6) is 11.5 Å². The number of aromatic hydroxyl groups is 1. The lowest BCUT2D eigenvalue weighted by atomic mass is 9.75. The number of carbonyl (C=O) groups is 4. The molecule has 0 bridgehead atoms. The summed E-state index contributed by atoms with van der Waals surface area (Å²) in [5, 5.41) is 21.4. The zero-order valence-electron chi connectivity index (χ0n) is 30.3. The number of hydrogen-bond donors (Lipinski definition) is 2. The highest BCUT2D eigenvalue weighted by Crippen LogP contribution is 2.46. The molecule has 2 heterocycles. The van der Waals surface area contributed by atoms with Crippen molar-refractivity contribution in [2.75, 3.05) is 0 Å². The normalized spacial score (nSPS) is 12.3. The maximum Gasteiger partial charge on any atom is 0.319 e. The number of fused-ring (bicyclic) bond motifs is 2. The van der Waals surface area contributed by atoms with Gasteiger partial charge in [-0.1, -0.05) is 79.4 Å². The number of halogens is 2. The van der Waals surface area contributed by atoms with Gasteiger partial charge in [0.1, 0.15) is 11.5 Å². The highest BCUT2D eigenvalue weighted by molar-refractivity contribution is 6.33. The molecule has 1 atom stereocenters. The van der Waals surface area contributed by atoms with Crippen molar-refractivity contribution in [3.05, 3.63) is 128 Å². The number of aliphatic carboxylic acids is 1. The minimum atomic E-state index is -1.10. The SMILES string of the molecule is Cc1ccc(C(=O)n2c(C)c(CC(=O)O)c3cc(OC(=O)C(c4c(C)n(C(=O)c5ccc(C)cc5)c5cc(Cl)c(O)cc45)C(C)(C)C)c(Cl)cc32)cc1. The van der Waals surface area contributed by atoms with Crippen LogP contribution in [-0.2, 0) is 16.0 Å². The molecule has 0 aliphatic heterocycles. The van der Waals surface area contributed by atoms with E-state index in [1.165, 1.54) is 33.4 Å². The molecule has 0 aliphatic rings. The first kappa shape index (κ1) is 37.4. The topological polar surface area (TPSA) is 128 Å². The van der Waals surface area contributed by atoms with Gasteiger partial charge in [-0.25, -0.2) is 0 Å². The molecule has 0 saturated carbocycles. The highest BCUT2D eigenvalue weighted by Gasteiger charge is 2.40. The third-order valence-corrected chi connectivity index (χ3v) is 10.2. The standard InChI is InChI=1S/C42H38Cl2N2O7/c1-21-8-12-25(13-9-21)39(50)45-23(3)27(18-36(48)49)28-17-35(31(44)20-32(28)45)53-41(52)38(42(5,6)7)37-24(4)46(33-19-30(43)34(47)16-29(33)37)40(51)26-14-10-22(2)11-15-26/h8-17,19-20,38,47H,18H2,1-7H3,(H,48,49). The number of hydrogen-bond acceptors (Lipinski definition) is 6. The lowest BCUT2D eigenvalue weighted by molar-refractivity contribution is -0.139. The fraction of sp³-hybridized carbons (Fsp3) is 0.238. The van der Waals surface area contributed by atoms with Crippen LogP contribution in [0, 0.1) is 33.1 Å². The molecular formula is C42H38Cl2N2O7. The number of nitrogens with zero attached hydrogens (tertiary/aromatic N) is 2. The molecule has 6 rings (SSSR count). The van der Waals surface area contributed by atoms with Gasteiger partial charge in [0, 0.05) is 33.3 Å². The second-order valence-electron chi connectivity index (χ2n) is 14.5. The molecular weight excluding hydrogens is 715 g/mol. The van der Waals surface area contributed by atoms with E-state index >= 15 is 0 Å². The number of benzene rings is 4. The Hall–Kier alpha value is -5.38. The van der Waals surface area contributed by atoms with Crippen LogP contribution in [0.3, 0.4) is 0 Å². The summed E-state index contributed by atoms with van der Waals surface area (Å²) in [6, 6.07) is 20.1. The smallest absolute Gasteiger partial charge is 0.319 e. The first-order chi connectivity index (χ1) is 24.9. The third-order valence-electron chi connectivity index (χ3n) is 9.64. The van der Waals surface area contributed by atoms with Gasteiger partial charge in [-0.15, -0.1) is 0 Å². The van der Waals surface area contributed by atoms with Crippen molar-refractivity contribution in [2.45, 2.75) is 60.8 Å². The van der Waals surface area contributed by atoms with E-state index in [1.54, 1.807) is 38.1 Å². The monoisotopic (exact) mass is 752 g/mol. The number of phenols is 1. The number of esters is 1. The number of aromatic nitrogens is 2. The molecule has 0 aliphatic carbocycles. The molecule has 4 aromatic carbocycles. The Labute approximate surface area is 316 Å². The largest absolute Gasteiger partial charge is 0.506 e. The molecule has 0 spiro atoms. The van der Waals surface area contributed by atoms with E-state index in [9.17, 15) is 29.4 Å². The molecule has 1 unspecified atom stereocenters. The summed E-state index contributed by atoms with van der Waals surface area (Å²) in [6.45, 7) is 12.8. The fourth-order valence-corrected chi connectivity index (χ4v) is 7.35. The van der Waals surface area contributed by atoms with Gasteiger partial charge in [0.25, 0.3) is 11.8 Å². The summed E-state index contributed by atoms with van der Waals surface area (Å²) in [7, 11) is 0. The lowest BCUT2D eigenvalue weighted by Gasteiger charge is -2.29. The number of carbonyl (C=O) groups excluding carboxylic acids is 3. The molecule has 0 fully saturated rings. The summed E-state index contributed by atoms with van der Waals surface area (Å²) >= 11 is 13.2. The highest BCUT2D eigenvalue weighted by atomic mass is 35.5. The Kier molecular flexibility index (Phi) is 9.79. The molecule has 2 aromatic heterocycles. The second kappa shape index (κ2) is 13.9. The summed E-state index contributed by atoms with van der Waals surface area (Å²) in [6.07, 6.45) is -0.393. The zero-order chi connectivity index (χ0) is 38.7. The van der Waals surface area contributed by atoms with Gasteiger partial charge < -0.3 is 14.9 Å². The average molecular weight is 754 g/mol. The Bertz CT molecular complexity index is 2480. The predicted octanol–water partition coefficient (Wildman–Crippen LogP) is 9.58. The Morgan fingerprint density at radius 2 is 1.21 bits per heavy atom. The van der Waals surface area contributed by atoms with Crippen molar-refractivity contribution in [1.29, 1.82) is 0 Å². The molecule has 0 saturated heterocycles. The molecule has 9 nitrogen and oxygen atoms in total. The number of rotatable bonds is 7. The molecule has 11 heteroatoms. The van der Waals surface area contributed by atoms with Crippen molar-refractivity contribution in [3.63, 3.8) is 0 Å². The molecule has 0 amide bonds. The molecule has 53 heavy (non-hydrogen) atoms. The lowest BCUT2D eigenvalue weighted by Crippen LogP contribution is -2.31. The van der Waals surface area contributed by atoms with E-state index in [1.807, 2.05) is 58.9 Å². The van der Waals surface area contributed by atoms with Gasteiger partial charge in [-0.3, -0.25) is 28.3 Å². The van der Waals surface area contributed by atoms with Gasteiger partial charge >= 0.3 is 11.9 Å². The van der Waals surface area contributed by atoms with Crippen LogP contribution in [0.2, 0.25) is 10.0 Å². The summed E-state index contributed by atoms with van der Waals surface area (Å²) < 4.78 is 9.01. The van der Waals surface area contributed by atoms with Gasteiger partial charge in [-0.05, 0) is 92.8 Å². The summed E-state index contributed by atoms with van der Waals surface area (Å²) in [5.74, 6) is -3.78. The minimum Gasteiger partial charge on any atom is -0.506 e. The Morgan fingerprint density at radius 3 is 1.72 bits per heavy atom. The Balaban J connectivity index is 1.49. The van der Waals surface area contributed by atoms with Crippen LogP contribution < -0.4 is 4.74 Å². The van der Waals surface area contributed by atoms with Gasteiger partial charge in [0.05, 0.1) is 33.4 Å². The zero-order valence-corrected chi connectivity index (χ0v) is 31.8. The van der Waals surface area contributed by atoms with Crippen molar-refractivity contribution in [1.82, 2.24) is 9.13 Å². The molecule has 0 radical (unpaired) electrons. The van der Waals surface area contributed by atoms with E-state index in [2.05, 4.69) is 0 Å². The number of aryl methyl sites for hydroxylation is 2. The van der Waals surface area contributed by atoms with E-state index in [0.29, 0.717) is 55.4 Å². The second-order valence-corrected chi connectivity index (χ2v) is 15.3. The molecule has 2 N–H and O–H groups in total. The molecule has 6 aromatic rings. The minimum absolute atomic E-state index is 0.0222. The summed E-state index contributed by atoms with van der Waals surface area (Å²) in [5.41, 5.74) is 4.45. The fourth-order valence-electron chi connectivity index (χ4n) is 6.99. The number of phenolic OH excluding ortho intramolecular Hbond substituents is 1. The quantitative estimate of drug-likeness (QED) is 0.123. The van der Waals surface area contributed by atoms with E-state index in [0.717, 1.165) is 11.1 Å². The van der Waals surface area contributed by atoms with Gasteiger partial charge in [0.15, 0.2) is 0 Å². The summed E-state index contributed by atoms with van der Waals surface area (Å²) in [4.78, 5) is 54.4.